The van der Waals surface area contributed by atoms with E-state index in [9.17, 15) is 4.79 Å². The van der Waals surface area contributed by atoms with Gasteiger partial charge in [-0.1, -0.05) is 78.5 Å². The molecule has 6 nitrogen and oxygen atoms in total. The van der Waals surface area contributed by atoms with E-state index in [2.05, 4.69) is 32.6 Å². The monoisotopic (exact) mass is 529 g/mol. The summed E-state index contributed by atoms with van der Waals surface area (Å²) in [4.78, 5) is 18.7. The van der Waals surface area contributed by atoms with Crippen molar-refractivity contribution in [1.82, 2.24) is 19.7 Å². The van der Waals surface area contributed by atoms with Gasteiger partial charge in [0.05, 0.1) is 16.7 Å². The van der Waals surface area contributed by atoms with Crippen molar-refractivity contribution in [3.05, 3.63) is 102 Å². The number of hydrogen-bond donors (Lipinski definition) is 1. The summed E-state index contributed by atoms with van der Waals surface area (Å²) < 4.78 is 2.03. The van der Waals surface area contributed by atoms with Crippen LogP contribution in [0.2, 0.25) is 0 Å². The Morgan fingerprint density at radius 1 is 0.944 bits per heavy atom. The van der Waals surface area contributed by atoms with E-state index in [1.165, 1.54) is 28.0 Å². The highest BCUT2D eigenvalue weighted by Gasteiger charge is 2.22. The average molecular weight is 530 g/mol. The van der Waals surface area contributed by atoms with Gasteiger partial charge in [0.1, 0.15) is 5.82 Å². The van der Waals surface area contributed by atoms with E-state index in [4.69, 9.17) is 0 Å². The quantitative estimate of drug-likeness (QED) is 0.212. The maximum atomic E-state index is 13.0. The van der Waals surface area contributed by atoms with E-state index in [0.29, 0.717) is 16.0 Å². The first-order chi connectivity index (χ1) is 17.7. The van der Waals surface area contributed by atoms with Crippen molar-refractivity contribution in [1.29, 1.82) is 0 Å². The van der Waals surface area contributed by atoms with Gasteiger partial charge in [-0.15, -0.1) is 33.3 Å². The van der Waals surface area contributed by atoms with E-state index in [0.717, 1.165) is 22.8 Å². The molecular weight excluding hydrogens is 507 g/mol. The first-order valence-corrected chi connectivity index (χ1v) is 14.1. The number of carbonyl (C=O) groups excluding carboxylic acids is 1. The van der Waals surface area contributed by atoms with Crippen molar-refractivity contribution in [2.45, 2.75) is 28.0 Å². The second-order valence-electron chi connectivity index (χ2n) is 7.82. The summed E-state index contributed by atoms with van der Waals surface area (Å²) in [7, 11) is 0. The number of aromatic nitrogens is 4. The van der Waals surface area contributed by atoms with Gasteiger partial charge >= 0.3 is 0 Å². The summed E-state index contributed by atoms with van der Waals surface area (Å²) in [5.41, 5.74) is 2.84. The van der Waals surface area contributed by atoms with Gasteiger partial charge in [0, 0.05) is 21.5 Å². The van der Waals surface area contributed by atoms with Crippen LogP contribution in [0.3, 0.4) is 0 Å². The third kappa shape index (κ3) is 5.87. The van der Waals surface area contributed by atoms with Gasteiger partial charge < -0.3 is 5.32 Å². The molecule has 0 spiro atoms. The van der Waals surface area contributed by atoms with Crippen molar-refractivity contribution >= 4 is 45.9 Å². The fraction of sp³-hybridized carbons (Fsp3) is 0.111. The van der Waals surface area contributed by atoms with Crippen LogP contribution in [0.1, 0.15) is 12.7 Å². The lowest BCUT2D eigenvalue weighted by Crippen LogP contribution is -2.22. The molecular formula is C27H23N5OS3. The lowest BCUT2D eigenvalue weighted by molar-refractivity contribution is -0.115. The maximum absolute atomic E-state index is 13.0. The van der Waals surface area contributed by atoms with E-state index in [1.54, 1.807) is 11.8 Å². The summed E-state index contributed by atoms with van der Waals surface area (Å²) in [6, 6.07) is 30.1. The Bertz CT molecular complexity index is 1420. The van der Waals surface area contributed by atoms with Crippen LogP contribution in [0.15, 0.2) is 106 Å². The number of rotatable bonds is 9. The lowest BCUT2D eigenvalue weighted by atomic mass is 10.2. The van der Waals surface area contributed by atoms with Crippen molar-refractivity contribution < 1.29 is 4.79 Å². The Morgan fingerprint density at radius 2 is 1.61 bits per heavy atom. The topological polar surface area (TPSA) is 72.7 Å². The predicted octanol–water partition coefficient (Wildman–Crippen LogP) is 6.80. The number of nitrogens with one attached hydrogen (secondary N) is 1. The summed E-state index contributed by atoms with van der Waals surface area (Å²) in [5, 5.41) is 14.7. The zero-order valence-corrected chi connectivity index (χ0v) is 21.9. The highest BCUT2D eigenvalue weighted by atomic mass is 32.2. The van der Waals surface area contributed by atoms with Gasteiger partial charge in [-0.2, -0.15) is 0 Å². The Labute approximate surface area is 222 Å². The number of amides is 1. The second-order valence-corrected chi connectivity index (χ2v) is 11.0. The molecule has 0 fully saturated rings. The van der Waals surface area contributed by atoms with Crippen LogP contribution in [0.4, 0.5) is 5.13 Å². The second kappa shape index (κ2) is 11.6. The molecule has 5 aromatic rings. The molecule has 0 bridgehead atoms. The smallest absolute Gasteiger partial charge is 0.239 e. The van der Waals surface area contributed by atoms with Crippen LogP contribution < -0.4 is 5.32 Å². The normalized spacial score (nSPS) is 11.8. The van der Waals surface area contributed by atoms with E-state index < -0.39 is 5.25 Å². The van der Waals surface area contributed by atoms with Crippen molar-refractivity contribution in [2.75, 3.05) is 5.32 Å². The molecule has 5 rings (SSSR count). The van der Waals surface area contributed by atoms with E-state index >= 15 is 0 Å². The molecule has 2 aromatic heterocycles. The van der Waals surface area contributed by atoms with Gasteiger partial charge in [0.15, 0.2) is 10.3 Å². The number of thiazole rings is 1. The van der Waals surface area contributed by atoms with Crippen molar-refractivity contribution in [3.8, 4) is 16.9 Å². The highest BCUT2D eigenvalue weighted by molar-refractivity contribution is 8.00. The molecule has 1 N–H and O–H groups in total. The fourth-order valence-corrected chi connectivity index (χ4v) is 5.90. The predicted molar refractivity (Wildman–Crippen MR) is 149 cm³/mol. The summed E-state index contributed by atoms with van der Waals surface area (Å²) >= 11 is 4.50. The van der Waals surface area contributed by atoms with Crippen LogP contribution in [0.25, 0.3) is 16.9 Å². The number of anilines is 1. The molecule has 0 saturated carbocycles. The molecule has 1 unspecified atom stereocenters. The molecule has 0 aliphatic rings. The van der Waals surface area contributed by atoms with Gasteiger partial charge in [-0.3, -0.25) is 9.36 Å². The number of benzene rings is 3. The molecule has 180 valence electrons. The number of carbonyl (C=O) groups is 1. The molecule has 1 atom stereocenters. The standard InChI is InChI=1S/C27H23N5OS3/c1-19(25(33)29-26-28-23(17-35-26)20-11-5-2-6-12-20)36-27-31-30-24(18-34-22-15-9-4-10-16-22)32(27)21-13-7-3-8-14-21/h2-17,19H,18H2,1H3,(H,28,29,33). The van der Waals surface area contributed by atoms with Crippen LogP contribution >= 0.6 is 34.9 Å². The molecule has 0 radical (unpaired) electrons. The Hall–Kier alpha value is -3.40. The molecule has 0 aliphatic heterocycles. The Kier molecular flexibility index (Phi) is 7.80. The van der Waals surface area contributed by atoms with Crippen LogP contribution in [-0.4, -0.2) is 30.9 Å². The number of thioether (sulfide) groups is 2. The lowest BCUT2D eigenvalue weighted by Gasteiger charge is -2.13. The summed E-state index contributed by atoms with van der Waals surface area (Å²) in [6.07, 6.45) is 0. The Morgan fingerprint density at radius 3 is 2.33 bits per heavy atom. The van der Waals surface area contributed by atoms with Gasteiger partial charge in [0.2, 0.25) is 5.91 Å². The molecule has 0 aliphatic carbocycles. The third-order valence-electron chi connectivity index (χ3n) is 5.28. The maximum Gasteiger partial charge on any atom is 0.239 e. The van der Waals surface area contributed by atoms with Gasteiger partial charge in [-0.05, 0) is 31.2 Å². The number of hydrogen-bond acceptors (Lipinski definition) is 7. The van der Waals surface area contributed by atoms with Crippen molar-refractivity contribution in [2.24, 2.45) is 0 Å². The summed E-state index contributed by atoms with van der Waals surface area (Å²) in [6.45, 7) is 1.87. The number of nitrogens with zero attached hydrogens (tertiary/aromatic N) is 4. The SMILES string of the molecule is CC(Sc1nnc(CSc2ccccc2)n1-c1ccccc1)C(=O)Nc1nc(-c2ccccc2)cs1. The van der Waals surface area contributed by atoms with Crippen LogP contribution in [0.5, 0.6) is 0 Å². The van der Waals surface area contributed by atoms with E-state index in [-0.39, 0.29) is 5.91 Å². The minimum absolute atomic E-state index is 0.128. The zero-order valence-electron chi connectivity index (χ0n) is 19.4. The third-order valence-corrected chi connectivity index (χ3v) is 8.09. The minimum atomic E-state index is -0.393. The van der Waals surface area contributed by atoms with E-state index in [1.807, 2.05) is 95.7 Å². The first kappa shape index (κ1) is 24.3. The molecule has 0 saturated heterocycles. The minimum Gasteiger partial charge on any atom is -0.301 e. The van der Waals surface area contributed by atoms with Crippen LogP contribution in [0, 0.1) is 0 Å². The Balaban J connectivity index is 1.31. The average Bonchev–Trinajstić information content (AvgIpc) is 3.56. The highest BCUT2D eigenvalue weighted by Crippen LogP contribution is 2.30. The van der Waals surface area contributed by atoms with Crippen LogP contribution in [-0.2, 0) is 10.5 Å². The molecule has 1 amide bonds. The van der Waals surface area contributed by atoms with Gasteiger partial charge in [0.25, 0.3) is 0 Å². The van der Waals surface area contributed by atoms with Crippen molar-refractivity contribution in [3.63, 3.8) is 0 Å². The largest absolute Gasteiger partial charge is 0.301 e. The summed E-state index contributed by atoms with van der Waals surface area (Å²) in [5.74, 6) is 1.36. The first-order valence-electron chi connectivity index (χ1n) is 11.3. The molecule has 2 heterocycles. The molecule has 36 heavy (non-hydrogen) atoms. The molecule has 9 heteroatoms. The number of para-hydroxylation sites is 1. The van der Waals surface area contributed by atoms with Gasteiger partial charge in [-0.25, -0.2) is 4.98 Å². The molecule has 3 aromatic carbocycles. The fourth-order valence-electron chi connectivity index (χ4n) is 3.46. The zero-order chi connectivity index (χ0) is 24.7.